The predicted molar refractivity (Wildman–Crippen MR) is 105 cm³/mol. The molecule has 0 heterocycles. The zero-order valence-electron chi connectivity index (χ0n) is 17.5. The summed E-state index contributed by atoms with van der Waals surface area (Å²) < 4.78 is 1.09. The Morgan fingerprint density at radius 2 is 1.80 bits per heavy atom. The van der Waals surface area contributed by atoms with Gasteiger partial charge in [-0.05, 0) is 59.6 Å². The maximum absolute atomic E-state index is 2.59. The van der Waals surface area contributed by atoms with Crippen LogP contribution in [0.4, 0.5) is 0 Å². The van der Waals surface area contributed by atoms with E-state index in [1.807, 2.05) is 0 Å². The van der Waals surface area contributed by atoms with Crippen molar-refractivity contribution in [3.63, 3.8) is 0 Å². The molecule has 1 saturated carbocycles. The van der Waals surface area contributed by atoms with Crippen molar-refractivity contribution in [2.45, 2.75) is 71.1 Å². The Morgan fingerprint density at radius 3 is 2.40 bits per heavy atom. The second-order valence-electron chi connectivity index (χ2n) is 10.5. The molecule has 1 aromatic carbocycles. The lowest BCUT2D eigenvalue weighted by Gasteiger charge is -2.56. The number of rotatable bonds is 3. The van der Waals surface area contributed by atoms with Gasteiger partial charge in [0.2, 0.25) is 0 Å². The van der Waals surface area contributed by atoms with E-state index in [0.717, 1.165) is 10.4 Å². The zero-order chi connectivity index (χ0) is 17.8. The minimum absolute atomic E-state index is 0. The summed E-state index contributed by atoms with van der Waals surface area (Å²) in [5.74, 6) is 1.46. The summed E-state index contributed by atoms with van der Waals surface area (Å²) in [6.45, 7) is 11.1. The van der Waals surface area contributed by atoms with Crippen molar-refractivity contribution in [2.75, 3.05) is 27.7 Å². The lowest BCUT2D eigenvalue weighted by Crippen LogP contribution is -3.00. The third kappa shape index (κ3) is 3.95. The largest absolute Gasteiger partial charge is 1.00 e. The van der Waals surface area contributed by atoms with E-state index in [4.69, 9.17) is 0 Å². The molecule has 2 aliphatic rings. The van der Waals surface area contributed by atoms with Crippen LogP contribution in [-0.4, -0.2) is 32.2 Å². The first-order chi connectivity index (χ1) is 11.1. The van der Waals surface area contributed by atoms with Gasteiger partial charge in [0.05, 0.1) is 27.7 Å². The summed E-state index contributed by atoms with van der Waals surface area (Å²) >= 11 is 0. The molecule has 1 aromatic rings. The second-order valence-corrected chi connectivity index (χ2v) is 10.5. The number of halogens is 1. The highest BCUT2D eigenvalue weighted by atomic mass is 127. The highest BCUT2D eigenvalue weighted by Gasteiger charge is 2.53. The maximum Gasteiger partial charge on any atom is 0.0837 e. The van der Waals surface area contributed by atoms with Crippen LogP contribution >= 0.6 is 0 Å². The van der Waals surface area contributed by atoms with Crippen molar-refractivity contribution in [3.8, 4) is 0 Å². The van der Waals surface area contributed by atoms with Crippen LogP contribution in [0.3, 0.4) is 0 Å². The van der Waals surface area contributed by atoms with E-state index in [1.54, 1.807) is 11.1 Å². The van der Waals surface area contributed by atoms with Gasteiger partial charge in [0.15, 0.2) is 0 Å². The van der Waals surface area contributed by atoms with Crippen LogP contribution in [0.2, 0.25) is 0 Å². The maximum atomic E-state index is 2.59. The van der Waals surface area contributed by atoms with Gasteiger partial charge in [0.1, 0.15) is 0 Å². The molecular weight excluding hydrogens is 417 g/mol. The first-order valence-corrected chi connectivity index (χ1v) is 9.99. The normalized spacial score (nSPS) is 31.9. The van der Waals surface area contributed by atoms with Crippen LogP contribution in [0, 0.1) is 11.3 Å². The molecule has 0 aliphatic heterocycles. The molecule has 0 bridgehead atoms. The van der Waals surface area contributed by atoms with Crippen molar-refractivity contribution in [3.05, 3.63) is 34.9 Å². The Kier molecular flexibility index (Phi) is 6.06. The number of benzene rings is 1. The standard InChI is InChI=1S/C23H38N.HI/c1-17(2)18-9-11-20-19(15-18)10-12-21-22(3,16-24(5,6)7)13-8-14-23(20,21)4;/h9,11,15,17,21H,8,10,12-14,16H2,1-7H3;1H/q+1;/p-1. The quantitative estimate of drug-likeness (QED) is 0.486. The van der Waals surface area contributed by atoms with Crippen LogP contribution in [-0.2, 0) is 11.8 Å². The highest BCUT2D eigenvalue weighted by molar-refractivity contribution is 5.42. The average Bonchev–Trinajstić information content (AvgIpc) is 2.44. The molecule has 0 aromatic heterocycles. The summed E-state index contributed by atoms with van der Waals surface area (Å²) in [6, 6.07) is 7.42. The molecule has 142 valence electrons. The van der Waals surface area contributed by atoms with Crippen molar-refractivity contribution in [1.29, 1.82) is 0 Å². The Balaban J connectivity index is 0.00000225. The van der Waals surface area contributed by atoms with Gasteiger partial charge in [-0.2, -0.15) is 0 Å². The highest BCUT2D eigenvalue weighted by Crippen LogP contribution is 2.57. The molecule has 0 spiro atoms. The lowest BCUT2D eigenvalue weighted by molar-refractivity contribution is -0.878. The fourth-order valence-corrected chi connectivity index (χ4v) is 6.28. The molecule has 2 heteroatoms. The van der Waals surface area contributed by atoms with Gasteiger partial charge in [0.25, 0.3) is 0 Å². The molecule has 1 nitrogen and oxygen atoms in total. The first kappa shape index (κ1) is 21.2. The van der Waals surface area contributed by atoms with Gasteiger partial charge < -0.3 is 28.5 Å². The SMILES string of the molecule is CC(C)c1ccc2c(c1)CCC1C(C)(C[N+](C)(C)C)CCCC21C.[I-]. The van der Waals surface area contributed by atoms with Crippen molar-refractivity contribution in [2.24, 2.45) is 11.3 Å². The third-order valence-corrected chi connectivity index (χ3v) is 7.00. The predicted octanol–water partition coefficient (Wildman–Crippen LogP) is 2.53. The first-order valence-electron chi connectivity index (χ1n) is 9.99. The fourth-order valence-electron chi connectivity index (χ4n) is 6.28. The van der Waals surface area contributed by atoms with E-state index in [-0.39, 0.29) is 24.0 Å². The third-order valence-electron chi connectivity index (χ3n) is 7.00. The average molecular weight is 455 g/mol. The van der Waals surface area contributed by atoms with Gasteiger partial charge in [0, 0.05) is 5.41 Å². The van der Waals surface area contributed by atoms with Crippen LogP contribution in [0.15, 0.2) is 18.2 Å². The molecule has 0 saturated heterocycles. The fraction of sp³-hybridized carbons (Fsp3) is 0.739. The molecular formula is C23H38IN. The number of nitrogens with zero attached hydrogens (tertiary/aromatic N) is 1. The van der Waals surface area contributed by atoms with E-state index < -0.39 is 0 Å². The molecule has 0 N–H and O–H groups in total. The van der Waals surface area contributed by atoms with E-state index in [2.05, 4.69) is 67.0 Å². The number of quaternary nitrogens is 1. The van der Waals surface area contributed by atoms with Gasteiger partial charge >= 0.3 is 0 Å². The number of aryl methyl sites for hydroxylation is 1. The molecule has 0 radical (unpaired) electrons. The second kappa shape index (κ2) is 7.14. The van der Waals surface area contributed by atoms with E-state index in [9.17, 15) is 0 Å². The van der Waals surface area contributed by atoms with Crippen molar-refractivity contribution in [1.82, 2.24) is 0 Å². The van der Waals surface area contributed by atoms with Gasteiger partial charge in [-0.25, -0.2) is 0 Å². The van der Waals surface area contributed by atoms with E-state index >= 15 is 0 Å². The Bertz CT molecular complexity index is 615. The molecule has 3 unspecified atom stereocenters. The topological polar surface area (TPSA) is 0 Å². The van der Waals surface area contributed by atoms with Crippen LogP contribution in [0.25, 0.3) is 0 Å². The van der Waals surface area contributed by atoms with Crippen LogP contribution < -0.4 is 24.0 Å². The summed E-state index contributed by atoms with van der Waals surface area (Å²) in [6.07, 6.45) is 6.82. The van der Waals surface area contributed by atoms with E-state index in [0.29, 0.717) is 16.7 Å². The molecule has 3 rings (SSSR count). The minimum atomic E-state index is 0. The lowest BCUT2D eigenvalue weighted by atomic mass is 9.49. The Labute approximate surface area is 173 Å². The Hall–Kier alpha value is -0.0900. The minimum Gasteiger partial charge on any atom is -1.00 e. The monoisotopic (exact) mass is 455 g/mol. The molecule has 2 aliphatic carbocycles. The number of hydrogen-bond donors (Lipinski definition) is 0. The molecule has 3 atom stereocenters. The van der Waals surface area contributed by atoms with E-state index in [1.165, 1.54) is 44.2 Å². The van der Waals surface area contributed by atoms with Crippen molar-refractivity contribution < 1.29 is 28.5 Å². The van der Waals surface area contributed by atoms with Gasteiger partial charge in [-0.1, -0.05) is 52.3 Å². The van der Waals surface area contributed by atoms with Crippen molar-refractivity contribution >= 4 is 0 Å². The summed E-state index contributed by atoms with van der Waals surface area (Å²) in [4.78, 5) is 0. The summed E-state index contributed by atoms with van der Waals surface area (Å²) in [5.41, 5.74) is 5.69. The van der Waals surface area contributed by atoms with Crippen LogP contribution in [0.5, 0.6) is 0 Å². The number of fused-ring (bicyclic) bond motifs is 3. The molecule has 1 fully saturated rings. The van der Waals surface area contributed by atoms with Crippen LogP contribution in [0.1, 0.15) is 76.0 Å². The number of hydrogen-bond acceptors (Lipinski definition) is 0. The summed E-state index contributed by atoms with van der Waals surface area (Å²) in [5, 5.41) is 0. The zero-order valence-corrected chi connectivity index (χ0v) is 19.6. The Morgan fingerprint density at radius 1 is 1.12 bits per heavy atom. The summed E-state index contributed by atoms with van der Waals surface area (Å²) in [7, 11) is 7.09. The van der Waals surface area contributed by atoms with Gasteiger partial charge in [-0.3, -0.25) is 0 Å². The molecule has 0 amide bonds. The van der Waals surface area contributed by atoms with Gasteiger partial charge in [-0.15, -0.1) is 0 Å². The molecule has 25 heavy (non-hydrogen) atoms. The smallest absolute Gasteiger partial charge is 0.0837 e.